The summed E-state index contributed by atoms with van der Waals surface area (Å²) in [7, 11) is 0. The van der Waals surface area contributed by atoms with E-state index in [9.17, 15) is 14.7 Å². The van der Waals surface area contributed by atoms with Gasteiger partial charge in [0.15, 0.2) is 0 Å². The highest BCUT2D eigenvalue weighted by atomic mass is 32.1. The van der Waals surface area contributed by atoms with Crippen LogP contribution in [0.5, 0.6) is 0 Å². The molecule has 0 spiro atoms. The van der Waals surface area contributed by atoms with Crippen LogP contribution in [-0.4, -0.2) is 17.0 Å². The van der Waals surface area contributed by atoms with E-state index in [2.05, 4.69) is 11.4 Å². The lowest BCUT2D eigenvalue weighted by atomic mass is 9.79. The van der Waals surface area contributed by atoms with Crippen molar-refractivity contribution in [3.05, 3.63) is 21.4 Å². The van der Waals surface area contributed by atoms with Crippen LogP contribution >= 0.6 is 11.3 Å². The summed E-state index contributed by atoms with van der Waals surface area (Å²) in [5, 5.41) is 12.2. The first-order valence-electron chi connectivity index (χ1n) is 7.76. The predicted octanol–water partition coefficient (Wildman–Crippen LogP) is 2.74. The highest BCUT2D eigenvalue weighted by molar-refractivity contribution is 7.12. The molecule has 0 aliphatic heterocycles. The summed E-state index contributed by atoms with van der Waals surface area (Å²) >= 11 is 1.79. The first-order valence-corrected chi connectivity index (χ1v) is 8.58. The molecule has 0 radical (unpaired) electrons. The number of carbonyl (C=O) groups is 2. The summed E-state index contributed by atoms with van der Waals surface area (Å²) in [4.78, 5) is 26.2. The van der Waals surface area contributed by atoms with Crippen LogP contribution < -0.4 is 5.32 Å². The number of amides is 1. The molecule has 0 saturated heterocycles. The summed E-state index contributed by atoms with van der Waals surface area (Å²) in [6.07, 6.45) is 6.76. The van der Waals surface area contributed by atoms with Gasteiger partial charge in [0.2, 0.25) is 5.91 Å². The summed E-state index contributed by atoms with van der Waals surface area (Å²) in [5.41, 5.74) is 1.44. The minimum atomic E-state index is -0.829. The molecular formula is C16H21NO3S. The number of carbonyl (C=O) groups excluding carboxylic acids is 1. The van der Waals surface area contributed by atoms with Crippen molar-refractivity contribution in [3.63, 3.8) is 0 Å². The van der Waals surface area contributed by atoms with Crippen LogP contribution in [0.25, 0.3) is 0 Å². The van der Waals surface area contributed by atoms with E-state index < -0.39 is 11.9 Å². The highest BCUT2D eigenvalue weighted by Gasteiger charge is 2.35. The Morgan fingerprint density at radius 3 is 2.67 bits per heavy atom. The van der Waals surface area contributed by atoms with E-state index >= 15 is 0 Å². The Kier molecular flexibility index (Phi) is 4.29. The van der Waals surface area contributed by atoms with Gasteiger partial charge in [0.1, 0.15) is 0 Å². The molecule has 2 atom stereocenters. The van der Waals surface area contributed by atoms with Crippen LogP contribution in [0.15, 0.2) is 6.07 Å². The lowest BCUT2D eigenvalue weighted by Crippen LogP contribution is -2.39. The summed E-state index contributed by atoms with van der Waals surface area (Å²) in [6, 6.07) is 2.20. The number of rotatable bonds is 4. The van der Waals surface area contributed by atoms with Gasteiger partial charge >= 0.3 is 5.97 Å². The molecule has 2 aliphatic rings. The summed E-state index contributed by atoms with van der Waals surface area (Å²) in [6.45, 7) is 0.541. The van der Waals surface area contributed by atoms with E-state index in [0.717, 1.165) is 25.7 Å². The number of hydrogen-bond donors (Lipinski definition) is 2. The normalized spacial score (nSPS) is 24.6. The maximum Gasteiger partial charge on any atom is 0.307 e. The smallest absolute Gasteiger partial charge is 0.307 e. The van der Waals surface area contributed by atoms with Gasteiger partial charge in [-0.15, -0.1) is 11.3 Å². The van der Waals surface area contributed by atoms with Crippen molar-refractivity contribution in [2.45, 2.75) is 51.5 Å². The van der Waals surface area contributed by atoms with E-state index in [0.29, 0.717) is 19.4 Å². The van der Waals surface area contributed by atoms with E-state index in [-0.39, 0.29) is 11.8 Å². The third kappa shape index (κ3) is 3.12. The summed E-state index contributed by atoms with van der Waals surface area (Å²) in [5.74, 6) is -1.78. The van der Waals surface area contributed by atoms with Crippen molar-refractivity contribution in [3.8, 4) is 0 Å². The maximum atomic E-state index is 12.3. The summed E-state index contributed by atoms with van der Waals surface area (Å²) < 4.78 is 0. The van der Waals surface area contributed by atoms with Crippen molar-refractivity contribution in [2.24, 2.45) is 11.8 Å². The molecular weight excluding hydrogens is 286 g/mol. The molecule has 1 saturated carbocycles. The second-order valence-corrected chi connectivity index (χ2v) is 7.29. The van der Waals surface area contributed by atoms with E-state index in [1.807, 2.05) is 0 Å². The monoisotopic (exact) mass is 307 g/mol. The minimum Gasteiger partial charge on any atom is -0.481 e. The molecule has 3 rings (SSSR count). The highest BCUT2D eigenvalue weighted by Crippen LogP contribution is 2.32. The molecule has 2 aliphatic carbocycles. The van der Waals surface area contributed by atoms with Crippen LogP contribution in [0.3, 0.4) is 0 Å². The van der Waals surface area contributed by atoms with Crippen LogP contribution in [0.4, 0.5) is 0 Å². The fourth-order valence-electron chi connectivity index (χ4n) is 3.52. The van der Waals surface area contributed by atoms with Crippen molar-refractivity contribution in [1.82, 2.24) is 5.32 Å². The molecule has 1 heterocycles. The second-order valence-electron chi connectivity index (χ2n) is 6.07. The van der Waals surface area contributed by atoms with Gasteiger partial charge in [-0.05, 0) is 43.7 Å². The van der Waals surface area contributed by atoms with Crippen LogP contribution in [-0.2, 0) is 29.0 Å². The van der Waals surface area contributed by atoms with E-state index in [4.69, 9.17) is 0 Å². The molecule has 0 unspecified atom stereocenters. The van der Waals surface area contributed by atoms with Crippen molar-refractivity contribution >= 4 is 23.2 Å². The SMILES string of the molecule is O=C(O)[C@H]1CCCC[C@H]1C(=O)NCc1cc2c(s1)CCC2. The van der Waals surface area contributed by atoms with Gasteiger partial charge < -0.3 is 10.4 Å². The van der Waals surface area contributed by atoms with Crippen molar-refractivity contribution < 1.29 is 14.7 Å². The van der Waals surface area contributed by atoms with E-state index in [1.165, 1.54) is 21.7 Å². The van der Waals surface area contributed by atoms with Crippen molar-refractivity contribution in [1.29, 1.82) is 0 Å². The Balaban J connectivity index is 1.58. The Labute approximate surface area is 128 Å². The largest absolute Gasteiger partial charge is 0.481 e. The Morgan fingerprint density at radius 2 is 1.95 bits per heavy atom. The van der Waals surface area contributed by atoms with Crippen molar-refractivity contribution in [2.75, 3.05) is 0 Å². The lowest BCUT2D eigenvalue weighted by Gasteiger charge is -2.27. The number of aryl methyl sites for hydroxylation is 2. The molecule has 1 amide bonds. The molecule has 114 valence electrons. The van der Waals surface area contributed by atoms with E-state index in [1.54, 1.807) is 11.3 Å². The quantitative estimate of drug-likeness (QED) is 0.899. The van der Waals surface area contributed by atoms with Gasteiger partial charge in [-0.3, -0.25) is 9.59 Å². The van der Waals surface area contributed by atoms with Gasteiger partial charge in [-0.25, -0.2) is 0 Å². The average Bonchev–Trinajstić information content (AvgIpc) is 3.05. The zero-order valence-corrected chi connectivity index (χ0v) is 12.9. The molecule has 1 aromatic heterocycles. The number of aliphatic carboxylic acids is 1. The van der Waals surface area contributed by atoms with Gasteiger partial charge in [0.05, 0.1) is 18.4 Å². The number of carboxylic acids is 1. The Morgan fingerprint density at radius 1 is 1.19 bits per heavy atom. The molecule has 4 nitrogen and oxygen atoms in total. The third-order valence-corrected chi connectivity index (χ3v) is 5.89. The zero-order valence-electron chi connectivity index (χ0n) is 12.1. The topological polar surface area (TPSA) is 66.4 Å². The number of hydrogen-bond acceptors (Lipinski definition) is 3. The van der Waals surface area contributed by atoms with Gasteiger partial charge in [-0.2, -0.15) is 0 Å². The second kappa shape index (κ2) is 6.18. The van der Waals surface area contributed by atoms with Gasteiger partial charge in [0, 0.05) is 9.75 Å². The molecule has 5 heteroatoms. The minimum absolute atomic E-state index is 0.0874. The third-order valence-electron chi connectivity index (χ3n) is 4.65. The van der Waals surface area contributed by atoms with Gasteiger partial charge in [-0.1, -0.05) is 12.8 Å². The fourth-order valence-corrected chi connectivity index (χ4v) is 4.72. The zero-order chi connectivity index (χ0) is 14.8. The molecule has 1 fully saturated rings. The van der Waals surface area contributed by atoms with Gasteiger partial charge in [0.25, 0.3) is 0 Å². The molecule has 21 heavy (non-hydrogen) atoms. The molecule has 0 bridgehead atoms. The fraction of sp³-hybridized carbons (Fsp3) is 0.625. The average molecular weight is 307 g/mol. The number of thiophene rings is 1. The first-order chi connectivity index (χ1) is 10.1. The molecule has 2 N–H and O–H groups in total. The predicted molar refractivity (Wildman–Crippen MR) is 81.3 cm³/mol. The van der Waals surface area contributed by atoms with Crippen LogP contribution in [0, 0.1) is 11.8 Å². The number of fused-ring (bicyclic) bond motifs is 1. The Hall–Kier alpha value is -1.36. The number of nitrogens with one attached hydrogen (secondary N) is 1. The molecule has 0 aromatic carbocycles. The molecule has 1 aromatic rings. The first kappa shape index (κ1) is 14.6. The standard InChI is InChI=1S/C16H21NO3S/c18-15(12-5-1-2-6-13(12)16(19)20)17-9-11-8-10-4-3-7-14(10)21-11/h8,12-13H,1-7,9H2,(H,17,18)(H,19,20)/t12-,13+/m1/s1. The maximum absolute atomic E-state index is 12.3. The van der Waals surface area contributed by atoms with Crippen LogP contribution in [0.2, 0.25) is 0 Å². The lowest BCUT2D eigenvalue weighted by molar-refractivity contribution is -0.148. The van der Waals surface area contributed by atoms with Crippen LogP contribution in [0.1, 0.15) is 47.4 Å². The number of carboxylic acid groups (broad SMARTS) is 1. The Bertz CT molecular complexity index is 530.